The first-order valence-electron chi connectivity index (χ1n) is 6.55. The second-order valence-corrected chi connectivity index (χ2v) is 5.13. The minimum Gasteiger partial charge on any atom is -0.478 e. The second-order valence-electron chi connectivity index (χ2n) is 5.13. The summed E-state index contributed by atoms with van der Waals surface area (Å²) in [4.78, 5) is 12.8. The first kappa shape index (κ1) is 13.7. The lowest BCUT2D eigenvalue weighted by molar-refractivity contribution is 0.0696. The molecule has 0 atom stereocenters. The lowest BCUT2D eigenvalue weighted by Gasteiger charge is -2.15. The fourth-order valence-corrected chi connectivity index (χ4v) is 2.62. The average Bonchev–Trinajstić information content (AvgIpc) is 2.84. The summed E-state index contributed by atoms with van der Waals surface area (Å²) in [5.74, 6) is -2.09. The Morgan fingerprint density at radius 2 is 1.76 bits per heavy atom. The van der Waals surface area contributed by atoms with Crippen LogP contribution in [0.4, 0.5) is 8.78 Å². The van der Waals surface area contributed by atoms with Gasteiger partial charge in [-0.05, 0) is 35.4 Å². The van der Waals surface area contributed by atoms with Crippen molar-refractivity contribution in [3.63, 3.8) is 0 Å². The third kappa shape index (κ3) is 2.64. The smallest absolute Gasteiger partial charge is 0.335 e. The zero-order chi connectivity index (χ0) is 15.0. The number of fused-ring (bicyclic) bond motifs is 1. The van der Waals surface area contributed by atoms with Crippen LogP contribution in [-0.4, -0.2) is 16.0 Å². The minimum absolute atomic E-state index is 0.0452. The molecular formula is C16H13F2NO2. The molecule has 3 nitrogen and oxygen atoms in total. The van der Waals surface area contributed by atoms with Gasteiger partial charge in [0.25, 0.3) is 0 Å². The molecule has 0 radical (unpaired) electrons. The molecule has 0 saturated carbocycles. The average molecular weight is 289 g/mol. The molecule has 0 spiro atoms. The molecule has 0 fully saturated rings. The Labute approximate surface area is 120 Å². The van der Waals surface area contributed by atoms with Crippen LogP contribution in [0.25, 0.3) is 0 Å². The summed E-state index contributed by atoms with van der Waals surface area (Å²) < 4.78 is 27.3. The quantitative estimate of drug-likeness (QED) is 0.943. The molecule has 2 aromatic carbocycles. The maximum atomic E-state index is 13.7. The molecule has 0 aromatic heterocycles. The van der Waals surface area contributed by atoms with Crippen LogP contribution in [0.15, 0.2) is 36.4 Å². The Morgan fingerprint density at radius 1 is 1.10 bits per heavy atom. The van der Waals surface area contributed by atoms with Gasteiger partial charge in [-0.3, -0.25) is 4.90 Å². The molecule has 0 unspecified atom stereocenters. The van der Waals surface area contributed by atoms with Crippen LogP contribution in [0.2, 0.25) is 0 Å². The number of carbonyl (C=O) groups is 1. The fourth-order valence-electron chi connectivity index (χ4n) is 2.62. The zero-order valence-electron chi connectivity index (χ0n) is 11.1. The first-order chi connectivity index (χ1) is 10.0. The van der Waals surface area contributed by atoms with Crippen molar-refractivity contribution in [2.75, 3.05) is 0 Å². The van der Waals surface area contributed by atoms with Crippen molar-refractivity contribution in [1.29, 1.82) is 0 Å². The minimum atomic E-state index is -0.976. The third-order valence-electron chi connectivity index (χ3n) is 3.68. The van der Waals surface area contributed by atoms with E-state index in [4.69, 9.17) is 5.11 Å². The van der Waals surface area contributed by atoms with E-state index in [0.717, 1.165) is 11.1 Å². The molecule has 1 heterocycles. The Bertz CT molecular complexity index is 695. The molecule has 1 aliphatic heterocycles. The topological polar surface area (TPSA) is 40.5 Å². The number of rotatable bonds is 3. The van der Waals surface area contributed by atoms with E-state index in [-0.39, 0.29) is 17.7 Å². The second kappa shape index (κ2) is 5.26. The largest absolute Gasteiger partial charge is 0.478 e. The Hall–Kier alpha value is -2.27. The molecule has 1 N–H and O–H groups in total. The molecule has 0 amide bonds. The highest BCUT2D eigenvalue weighted by molar-refractivity contribution is 5.87. The van der Waals surface area contributed by atoms with Crippen LogP contribution in [0.5, 0.6) is 0 Å². The summed E-state index contributed by atoms with van der Waals surface area (Å²) in [6, 6.07) is 8.75. The molecule has 1 aliphatic rings. The van der Waals surface area contributed by atoms with E-state index in [1.54, 1.807) is 18.2 Å². The molecule has 0 aliphatic carbocycles. The summed E-state index contributed by atoms with van der Waals surface area (Å²) in [5.41, 5.74) is 2.17. The van der Waals surface area contributed by atoms with Crippen LogP contribution in [0.3, 0.4) is 0 Å². The summed E-state index contributed by atoms with van der Waals surface area (Å²) >= 11 is 0. The molecule has 21 heavy (non-hydrogen) atoms. The number of carboxylic acid groups (broad SMARTS) is 1. The highest BCUT2D eigenvalue weighted by atomic mass is 19.1. The Morgan fingerprint density at radius 3 is 2.43 bits per heavy atom. The molecular weight excluding hydrogens is 276 g/mol. The summed E-state index contributed by atoms with van der Waals surface area (Å²) in [5, 5.41) is 8.98. The van der Waals surface area contributed by atoms with Gasteiger partial charge in [0.15, 0.2) is 0 Å². The van der Waals surface area contributed by atoms with Gasteiger partial charge in [-0.15, -0.1) is 0 Å². The normalized spacial score (nSPS) is 14.2. The van der Waals surface area contributed by atoms with Crippen molar-refractivity contribution in [3.8, 4) is 0 Å². The highest BCUT2D eigenvalue weighted by Gasteiger charge is 2.22. The molecule has 0 bridgehead atoms. The summed E-state index contributed by atoms with van der Waals surface area (Å²) in [6.07, 6.45) is 0. The maximum absolute atomic E-state index is 13.7. The van der Waals surface area contributed by atoms with Crippen molar-refractivity contribution >= 4 is 5.97 Å². The summed E-state index contributed by atoms with van der Waals surface area (Å²) in [6.45, 7) is 1.21. The van der Waals surface area contributed by atoms with Crippen LogP contribution < -0.4 is 0 Å². The Kier molecular flexibility index (Phi) is 3.43. The number of carboxylic acids is 1. The fraction of sp³-hybridized carbons (Fsp3) is 0.188. The summed E-state index contributed by atoms with van der Waals surface area (Å²) in [7, 11) is 0. The SMILES string of the molecule is O=C(O)c1ccc2c(c1)CN(Cc1c(F)cccc1F)C2. The number of halogens is 2. The van der Waals surface area contributed by atoms with E-state index in [1.165, 1.54) is 18.2 Å². The first-order valence-corrected chi connectivity index (χ1v) is 6.55. The van der Waals surface area contributed by atoms with Crippen LogP contribution in [0.1, 0.15) is 27.0 Å². The van der Waals surface area contributed by atoms with Crippen LogP contribution >= 0.6 is 0 Å². The van der Waals surface area contributed by atoms with Gasteiger partial charge in [0.2, 0.25) is 0 Å². The van der Waals surface area contributed by atoms with Crippen LogP contribution in [0, 0.1) is 11.6 Å². The van der Waals surface area contributed by atoms with Crippen molar-refractivity contribution in [1.82, 2.24) is 4.90 Å². The zero-order valence-corrected chi connectivity index (χ0v) is 11.1. The van der Waals surface area contributed by atoms with Gasteiger partial charge in [0, 0.05) is 25.2 Å². The van der Waals surface area contributed by atoms with Gasteiger partial charge in [-0.2, -0.15) is 0 Å². The molecule has 0 saturated heterocycles. The molecule has 108 valence electrons. The number of hydrogen-bond acceptors (Lipinski definition) is 2. The monoisotopic (exact) mass is 289 g/mol. The predicted octanol–water partition coefficient (Wildman–Crippen LogP) is 3.18. The third-order valence-corrected chi connectivity index (χ3v) is 3.68. The van der Waals surface area contributed by atoms with E-state index >= 15 is 0 Å². The van der Waals surface area contributed by atoms with Crippen molar-refractivity contribution in [3.05, 3.63) is 70.3 Å². The number of hydrogen-bond donors (Lipinski definition) is 1. The van der Waals surface area contributed by atoms with Gasteiger partial charge < -0.3 is 5.11 Å². The van der Waals surface area contributed by atoms with E-state index in [9.17, 15) is 13.6 Å². The van der Waals surface area contributed by atoms with Gasteiger partial charge >= 0.3 is 5.97 Å². The Balaban J connectivity index is 1.80. The molecule has 3 rings (SSSR count). The maximum Gasteiger partial charge on any atom is 0.335 e. The van der Waals surface area contributed by atoms with Gasteiger partial charge in [0.05, 0.1) is 5.56 Å². The van der Waals surface area contributed by atoms with Crippen LogP contribution in [-0.2, 0) is 19.6 Å². The van der Waals surface area contributed by atoms with Gasteiger partial charge in [-0.1, -0.05) is 12.1 Å². The van der Waals surface area contributed by atoms with E-state index in [0.29, 0.717) is 13.1 Å². The van der Waals surface area contributed by atoms with Crippen molar-refractivity contribution < 1.29 is 18.7 Å². The van der Waals surface area contributed by atoms with Crippen molar-refractivity contribution in [2.45, 2.75) is 19.6 Å². The highest BCUT2D eigenvalue weighted by Crippen LogP contribution is 2.26. The molecule has 2 aromatic rings. The number of benzene rings is 2. The van der Waals surface area contributed by atoms with Gasteiger partial charge in [0.1, 0.15) is 11.6 Å². The number of aromatic carboxylic acids is 1. The van der Waals surface area contributed by atoms with E-state index < -0.39 is 17.6 Å². The predicted molar refractivity (Wildman–Crippen MR) is 72.7 cm³/mol. The van der Waals surface area contributed by atoms with E-state index in [2.05, 4.69) is 0 Å². The van der Waals surface area contributed by atoms with E-state index in [1.807, 2.05) is 4.90 Å². The lowest BCUT2D eigenvalue weighted by Crippen LogP contribution is -2.17. The number of nitrogens with zero attached hydrogens (tertiary/aromatic N) is 1. The standard InChI is InChI=1S/C16H13F2NO2/c17-14-2-1-3-15(18)13(14)9-19-7-11-5-4-10(16(20)21)6-12(11)8-19/h1-6H,7-9H2,(H,20,21). The van der Waals surface area contributed by atoms with Gasteiger partial charge in [-0.25, -0.2) is 13.6 Å². The lowest BCUT2D eigenvalue weighted by atomic mass is 10.1. The van der Waals surface area contributed by atoms with Crippen molar-refractivity contribution in [2.24, 2.45) is 0 Å². The molecule has 5 heteroatoms.